The Morgan fingerprint density at radius 2 is 2.07 bits per heavy atom. The molecule has 1 aromatic carbocycles. The van der Waals surface area contributed by atoms with E-state index < -0.39 is 0 Å². The topological polar surface area (TPSA) is 26.3 Å². The van der Waals surface area contributed by atoms with Crippen LogP contribution in [0.4, 0.5) is 0 Å². The predicted octanol–water partition coefficient (Wildman–Crippen LogP) is 3.25. The van der Waals surface area contributed by atoms with E-state index in [2.05, 4.69) is 0 Å². The zero-order chi connectivity index (χ0) is 11.1. The zero-order valence-electron chi connectivity index (χ0n) is 8.90. The molecule has 0 spiro atoms. The number of hydrogen-bond donors (Lipinski definition) is 0. The highest BCUT2D eigenvalue weighted by Gasteiger charge is 1.99. The van der Waals surface area contributed by atoms with Crippen LogP contribution in [-0.2, 0) is 9.53 Å². The summed E-state index contributed by atoms with van der Waals surface area (Å²) in [4.78, 5) is 13.2. The number of carbonyl (C=O) groups excluding carboxylic acids is 1. The summed E-state index contributed by atoms with van der Waals surface area (Å²) in [6.07, 6.45) is 1.52. The van der Waals surface area contributed by atoms with Crippen molar-refractivity contribution in [2.45, 2.75) is 18.7 Å². The number of esters is 1. The monoisotopic (exact) mass is 222 g/mol. The van der Waals surface area contributed by atoms with Crippen LogP contribution < -0.4 is 0 Å². The third-order valence-corrected chi connectivity index (χ3v) is 2.58. The average molecular weight is 222 g/mol. The van der Waals surface area contributed by atoms with Crippen LogP contribution in [0.1, 0.15) is 13.8 Å². The molecule has 0 radical (unpaired) electrons. The van der Waals surface area contributed by atoms with Gasteiger partial charge in [-0.1, -0.05) is 30.0 Å². The lowest BCUT2D eigenvalue weighted by Crippen LogP contribution is -1.99. The van der Waals surface area contributed by atoms with Crippen molar-refractivity contribution in [3.8, 4) is 0 Å². The second kappa shape index (κ2) is 6.30. The molecule has 0 bridgehead atoms. The van der Waals surface area contributed by atoms with Crippen LogP contribution in [-0.4, -0.2) is 12.6 Å². The minimum atomic E-state index is -0.279. The van der Waals surface area contributed by atoms with Gasteiger partial charge < -0.3 is 4.74 Å². The normalized spacial score (nSPS) is 11.2. The maximum atomic E-state index is 11.1. The number of carbonyl (C=O) groups is 1. The smallest absolute Gasteiger partial charge is 0.331 e. The molecule has 0 N–H and O–H groups in total. The number of ether oxygens (including phenoxy) is 1. The molecular weight excluding hydrogens is 208 g/mol. The van der Waals surface area contributed by atoms with Crippen LogP contribution in [0.3, 0.4) is 0 Å². The van der Waals surface area contributed by atoms with Crippen LogP contribution in [0.15, 0.2) is 46.2 Å². The summed E-state index contributed by atoms with van der Waals surface area (Å²) in [7, 11) is 0. The number of thioether (sulfide) groups is 1. The second-order valence-electron chi connectivity index (χ2n) is 2.92. The molecule has 0 saturated heterocycles. The van der Waals surface area contributed by atoms with Gasteiger partial charge in [0.2, 0.25) is 0 Å². The maximum absolute atomic E-state index is 11.1. The lowest BCUT2D eigenvalue weighted by molar-refractivity contribution is -0.137. The van der Waals surface area contributed by atoms with Gasteiger partial charge in [0.25, 0.3) is 0 Å². The third-order valence-electron chi connectivity index (χ3n) is 1.63. The van der Waals surface area contributed by atoms with Gasteiger partial charge in [-0.15, -0.1) is 0 Å². The van der Waals surface area contributed by atoms with E-state index in [-0.39, 0.29) is 5.97 Å². The molecule has 0 saturated carbocycles. The number of benzene rings is 1. The average Bonchev–Trinajstić information content (AvgIpc) is 2.19. The van der Waals surface area contributed by atoms with E-state index in [0.29, 0.717) is 6.61 Å². The molecular formula is C12H14O2S. The minimum Gasteiger partial charge on any atom is -0.463 e. The first-order valence-corrected chi connectivity index (χ1v) is 5.62. The fourth-order valence-corrected chi connectivity index (χ4v) is 1.87. The first kappa shape index (κ1) is 11.9. The van der Waals surface area contributed by atoms with Crippen molar-refractivity contribution in [2.24, 2.45) is 0 Å². The van der Waals surface area contributed by atoms with E-state index in [4.69, 9.17) is 4.74 Å². The third kappa shape index (κ3) is 4.70. The van der Waals surface area contributed by atoms with E-state index >= 15 is 0 Å². The lowest BCUT2D eigenvalue weighted by Gasteiger charge is -2.01. The summed E-state index contributed by atoms with van der Waals surface area (Å²) in [6.45, 7) is 4.11. The molecule has 0 aliphatic rings. The van der Waals surface area contributed by atoms with Crippen molar-refractivity contribution < 1.29 is 9.53 Å². The SMILES string of the molecule is CCOC(=O)/C=C(/C)Sc1ccccc1. The fraction of sp³-hybridized carbons (Fsp3) is 0.250. The van der Waals surface area contributed by atoms with Gasteiger partial charge in [0.05, 0.1) is 6.61 Å². The standard InChI is InChI=1S/C12H14O2S/c1-3-14-12(13)9-10(2)15-11-7-5-4-6-8-11/h4-9H,3H2,1-2H3/b10-9-. The van der Waals surface area contributed by atoms with Gasteiger partial charge in [-0.05, 0) is 30.9 Å². The molecule has 0 unspecified atom stereocenters. The van der Waals surface area contributed by atoms with Gasteiger partial charge in [0.15, 0.2) is 0 Å². The quantitative estimate of drug-likeness (QED) is 0.444. The van der Waals surface area contributed by atoms with Crippen LogP contribution >= 0.6 is 11.8 Å². The minimum absolute atomic E-state index is 0.279. The van der Waals surface area contributed by atoms with Crippen LogP contribution in [0.5, 0.6) is 0 Å². The number of hydrogen-bond acceptors (Lipinski definition) is 3. The van der Waals surface area contributed by atoms with E-state index in [1.165, 1.54) is 6.08 Å². The Hall–Kier alpha value is -1.22. The molecule has 3 heteroatoms. The molecule has 0 amide bonds. The van der Waals surface area contributed by atoms with Crippen LogP contribution in [0.2, 0.25) is 0 Å². The first-order chi connectivity index (χ1) is 7.22. The molecule has 0 aliphatic heterocycles. The van der Waals surface area contributed by atoms with Crippen molar-refractivity contribution in [2.75, 3.05) is 6.61 Å². The Morgan fingerprint density at radius 1 is 1.40 bits per heavy atom. The molecule has 0 aromatic heterocycles. The molecule has 2 nitrogen and oxygen atoms in total. The Bertz CT molecular complexity index is 344. The van der Waals surface area contributed by atoms with Gasteiger partial charge >= 0.3 is 5.97 Å². The van der Waals surface area contributed by atoms with Crippen LogP contribution in [0.25, 0.3) is 0 Å². The van der Waals surface area contributed by atoms with Gasteiger partial charge in [0, 0.05) is 11.0 Å². The molecule has 0 aliphatic carbocycles. The summed E-state index contributed by atoms with van der Waals surface area (Å²) in [5, 5.41) is 0. The lowest BCUT2D eigenvalue weighted by atomic mass is 10.4. The number of rotatable bonds is 4. The van der Waals surface area contributed by atoms with E-state index in [1.54, 1.807) is 18.7 Å². The summed E-state index contributed by atoms with van der Waals surface area (Å²) in [5.41, 5.74) is 0. The second-order valence-corrected chi connectivity index (χ2v) is 4.24. The van der Waals surface area contributed by atoms with Crippen molar-refractivity contribution in [3.63, 3.8) is 0 Å². The van der Waals surface area contributed by atoms with Gasteiger partial charge in [-0.25, -0.2) is 4.79 Å². The molecule has 1 rings (SSSR count). The zero-order valence-corrected chi connectivity index (χ0v) is 9.71. The highest BCUT2D eigenvalue weighted by molar-refractivity contribution is 8.03. The molecule has 0 atom stereocenters. The highest BCUT2D eigenvalue weighted by Crippen LogP contribution is 2.25. The maximum Gasteiger partial charge on any atom is 0.331 e. The van der Waals surface area contributed by atoms with E-state index in [1.807, 2.05) is 37.3 Å². The highest BCUT2D eigenvalue weighted by atomic mass is 32.2. The molecule has 80 valence electrons. The van der Waals surface area contributed by atoms with Gasteiger partial charge in [0.1, 0.15) is 0 Å². The molecule has 1 aromatic rings. The van der Waals surface area contributed by atoms with E-state index in [0.717, 1.165) is 9.80 Å². The molecule has 0 fully saturated rings. The molecule has 0 heterocycles. The summed E-state index contributed by atoms with van der Waals surface area (Å²) in [6, 6.07) is 9.93. The van der Waals surface area contributed by atoms with Crippen molar-refractivity contribution >= 4 is 17.7 Å². The summed E-state index contributed by atoms with van der Waals surface area (Å²) in [5.74, 6) is -0.279. The van der Waals surface area contributed by atoms with Crippen LogP contribution in [0, 0.1) is 0 Å². The van der Waals surface area contributed by atoms with Crippen molar-refractivity contribution in [3.05, 3.63) is 41.3 Å². The fourth-order valence-electron chi connectivity index (χ4n) is 1.05. The van der Waals surface area contributed by atoms with Crippen molar-refractivity contribution in [1.82, 2.24) is 0 Å². The Morgan fingerprint density at radius 3 is 2.67 bits per heavy atom. The Kier molecular flexibility index (Phi) is 4.98. The van der Waals surface area contributed by atoms with Gasteiger partial charge in [-0.3, -0.25) is 0 Å². The summed E-state index contributed by atoms with van der Waals surface area (Å²) < 4.78 is 4.82. The predicted molar refractivity (Wildman–Crippen MR) is 62.7 cm³/mol. The number of allylic oxidation sites excluding steroid dienone is 1. The first-order valence-electron chi connectivity index (χ1n) is 4.80. The molecule has 15 heavy (non-hydrogen) atoms. The summed E-state index contributed by atoms with van der Waals surface area (Å²) >= 11 is 1.56. The largest absolute Gasteiger partial charge is 0.463 e. The Balaban J connectivity index is 2.55. The van der Waals surface area contributed by atoms with Crippen molar-refractivity contribution in [1.29, 1.82) is 0 Å². The Labute approximate surface area is 94.3 Å². The van der Waals surface area contributed by atoms with E-state index in [9.17, 15) is 4.79 Å². The van der Waals surface area contributed by atoms with Gasteiger partial charge in [-0.2, -0.15) is 0 Å².